The summed E-state index contributed by atoms with van der Waals surface area (Å²) in [5.41, 5.74) is 0.747. The Bertz CT molecular complexity index is 690. The van der Waals surface area contributed by atoms with E-state index >= 15 is 0 Å². The van der Waals surface area contributed by atoms with Gasteiger partial charge in [-0.2, -0.15) is 11.8 Å². The molecule has 1 aliphatic heterocycles. The van der Waals surface area contributed by atoms with Crippen molar-refractivity contribution in [2.75, 3.05) is 19.1 Å². The third kappa shape index (κ3) is 4.12. The maximum atomic E-state index is 12.7. The predicted molar refractivity (Wildman–Crippen MR) is 102 cm³/mol. The van der Waals surface area contributed by atoms with Crippen LogP contribution in [0.4, 0.5) is 0 Å². The number of hydrogen-bond donors (Lipinski definition) is 1. The van der Waals surface area contributed by atoms with E-state index in [1.165, 1.54) is 16.7 Å². The van der Waals surface area contributed by atoms with Gasteiger partial charge in [0.2, 0.25) is 0 Å². The third-order valence-electron chi connectivity index (χ3n) is 3.44. The minimum atomic E-state index is -1.04. The monoisotopic (exact) mass is 383 g/mol. The van der Waals surface area contributed by atoms with Gasteiger partial charge in [-0.05, 0) is 30.6 Å². The molecule has 1 aliphatic rings. The number of carbonyl (C=O) groups is 2. The highest BCUT2D eigenvalue weighted by atomic mass is 32.2. The van der Waals surface area contributed by atoms with E-state index in [-0.39, 0.29) is 10.2 Å². The number of thioether (sulfide) groups is 2. The highest BCUT2D eigenvalue weighted by molar-refractivity contribution is 8.26. The van der Waals surface area contributed by atoms with Crippen molar-refractivity contribution in [2.24, 2.45) is 0 Å². The standard InChI is InChI=1S/C16H17NO4S3/c1-21-12-6-4-3-5-10(12)9-13-14(18)17(16(22)24-13)11(15(19)20)7-8-23-2/h3-6,9,11H,7-8H2,1-2H3,(H,19,20)/b13-9+/t11-/m1/s1. The van der Waals surface area contributed by atoms with E-state index in [1.807, 2.05) is 24.5 Å². The number of benzene rings is 1. The van der Waals surface area contributed by atoms with Crippen LogP contribution in [0, 0.1) is 0 Å². The molecule has 1 fully saturated rings. The highest BCUT2D eigenvalue weighted by Crippen LogP contribution is 2.36. The number of rotatable bonds is 7. The Balaban J connectivity index is 2.30. The van der Waals surface area contributed by atoms with Crippen molar-refractivity contribution in [1.82, 2.24) is 4.90 Å². The van der Waals surface area contributed by atoms with Crippen molar-refractivity contribution in [3.8, 4) is 5.75 Å². The van der Waals surface area contributed by atoms with E-state index in [0.717, 1.165) is 17.3 Å². The van der Waals surface area contributed by atoms with Crippen LogP contribution < -0.4 is 4.74 Å². The van der Waals surface area contributed by atoms with E-state index in [1.54, 1.807) is 19.3 Å². The Morgan fingerprint density at radius 1 is 1.50 bits per heavy atom. The molecule has 1 atom stereocenters. The second kappa shape index (κ2) is 8.55. The summed E-state index contributed by atoms with van der Waals surface area (Å²) in [4.78, 5) is 25.8. The molecule has 8 heteroatoms. The van der Waals surface area contributed by atoms with Crippen LogP contribution in [0.1, 0.15) is 12.0 Å². The smallest absolute Gasteiger partial charge is 0.326 e. The fourth-order valence-electron chi connectivity index (χ4n) is 2.27. The zero-order chi connectivity index (χ0) is 17.7. The number of methoxy groups -OCH3 is 1. The molecule has 1 heterocycles. The van der Waals surface area contributed by atoms with Gasteiger partial charge in [0.05, 0.1) is 12.0 Å². The molecule has 0 saturated carbocycles. The number of thiocarbonyl (C=S) groups is 1. The molecule has 1 aromatic rings. The van der Waals surface area contributed by atoms with Gasteiger partial charge in [-0.25, -0.2) is 4.79 Å². The second-order valence-electron chi connectivity index (χ2n) is 4.93. The number of carboxylic acid groups (broad SMARTS) is 1. The number of amides is 1. The lowest BCUT2D eigenvalue weighted by molar-refractivity contribution is -0.145. The SMILES string of the molecule is COc1ccccc1/C=C1/SC(=S)N([C@H](CCSC)C(=O)O)C1=O. The summed E-state index contributed by atoms with van der Waals surface area (Å²) in [6.07, 6.45) is 3.93. The number of carboxylic acids is 1. The number of nitrogens with zero attached hydrogens (tertiary/aromatic N) is 1. The molecule has 24 heavy (non-hydrogen) atoms. The summed E-state index contributed by atoms with van der Waals surface area (Å²) in [7, 11) is 1.56. The van der Waals surface area contributed by atoms with E-state index in [0.29, 0.717) is 22.8 Å². The molecule has 128 valence electrons. The lowest BCUT2D eigenvalue weighted by Gasteiger charge is -2.22. The van der Waals surface area contributed by atoms with Gasteiger partial charge in [0.1, 0.15) is 16.1 Å². The van der Waals surface area contributed by atoms with Crippen molar-refractivity contribution < 1.29 is 19.4 Å². The van der Waals surface area contributed by atoms with Crippen LogP contribution in [0.3, 0.4) is 0 Å². The summed E-state index contributed by atoms with van der Waals surface area (Å²) < 4.78 is 5.55. The molecule has 1 N–H and O–H groups in total. The number of ether oxygens (including phenoxy) is 1. The summed E-state index contributed by atoms with van der Waals surface area (Å²) in [6.45, 7) is 0. The van der Waals surface area contributed by atoms with Gasteiger partial charge in [0.25, 0.3) is 5.91 Å². The van der Waals surface area contributed by atoms with Gasteiger partial charge >= 0.3 is 5.97 Å². The molecule has 0 aromatic heterocycles. The number of aliphatic carboxylic acids is 1. The molecule has 1 saturated heterocycles. The fourth-order valence-corrected chi connectivity index (χ4v) is 4.07. The Labute approximate surface area is 154 Å². The van der Waals surface area contributed by atoms with E-state index in [4.69, 9.17) is 17.0 Å². The van der Waals surface area contributed by atoms with Crippen LogP contribution in [0.15, 0.2) is 29.2 Å². The number of hydrogen-bond acceptors (Lipinski definition) is 6. The summed E-state index contributed by atoms with van der Waals surface area (Å²) in [5, 5.41) is 9.44. The van der Waals surface area contributed by atoms with Crippen LogP contribution in [0.25, 0.3) is 6.08 Å². The molecule has 5 nitrogen and oxygen atoms in total. The first kappa shape index (κ1) is 18.8. The number of para-hydroxylation sites is 1. The van der Waals surface area contributed by atoms with Gasteiger partial charge in [0, 0.05) is 5.56 Å². The normalized spacial score (nSPS) is 17.4. The fraction of sp³-hybridized carbons (Fsp3) is 0.312. The first-order valence-electron chi connectivity index (χ1n) is 7.11. The van der Waals surface area contributed by atoms with Gasteiger partial charge in [-0.1, -0.05) is 42.2 Å². The minimum Gasteiger partial charge on any atom is -0.496 e. The third-order valence-corrected chi connectivity index (χ3v) is 5.42. The Morgan fingerprint density at radius 3 is 2.83 bits per heavy atom. The first-order valence-corrected chi connectivity index (χ1v) is 9.73. The summed E-state index contributed by atoms with van der Waals surface area (Å²) >= 11 is 7.90. The van der Waals surface area contributed by atoms with Crippen molar-refractivity contribution in [3.05, 3.63) is 34.7 Å². The molecule has 0 bridgehead atoms. The van der Waals surface area contributed by atoms with E-state index < -0.39 is 12.0 Å². The average molecular weight is 384 g/mol. The van der Waals surface area contributed by atoms with Crippen molar-refractivity contribution in [2.45, 2.75) is 12.5 Å². The molecule has 1 aromatic carbocycles. The van der Waals surface area contributed by atoms with Gasteiger partial charge in [-0.3, -0.25) is 9.69 Å². The quantitative estimate of drug-likeness (QED) is 0.573. The van der Waals surface area contributed by atoms with Crippen LogP contribution >= 0.6 is 35.7 Å². The predicted octanol–water partition coefficient (Wildman–Crippen LogP) is 3.10. The van der Waals surface area contributed by atoms with E-state index in [2.05, 4.69) is 0 Å². The van der Waals surface area contributed by atoms with Crippen LogP contribution in [-0.4, -0.2) is 51.4 Å². The molecule has 0 spiro atoms. The number of carbonyl (C=O) groups excluding carboxylic acids is 1. The lowest BCUT2D eigenvalue weighted by Crippen LogP contribution is -2.44. The zero-order valence-corrected chi connectivity index (χ0v) is 15.7. The first-order chi connectivity index (χ1) is 11.5. The molecular formula is C16H17NO4S3. The minimum absolute atomic E-state index is 0.273. The van der Waals surface area contributed by atoms with Gasteiger partial charge in [0.15, 0.2) is 0 Å². The van der Waals surface area contributed by atoms with Crippen molar-refractivity contribution in [3.63, 3.8) is 0 Å². The molecule has 0 unspecified atom stereocenters. The summed E-state index contributed by atoms with van der Waals surface area (Å²) in [6, 6.07) is 6.37. The Kier molecular flexibility index (Phi) is 6.70. The van der Waals surface area contributed by atoms with Crippen LogP contribution in [-0.2, 0) is 9.59 Å². The molecule has 0 aliphatic carbocycles. The highest BCUT2D eigenvalue weighted by Gasteiger charge is 2.40. The van der Waals surface area contributed by atoms with E-state index in [9.17, 15) is 14.7 Å². The second-order valence-corrected chi connectivity index (χ2v) is 7.59. The lowest BCUT2D eigenvalue weighted by atomic mass is 10.1. The van der Waals surface area contributed by atoms with Gasteiger partial charge < -0.3 is 9.84 Å². The maximum absolute atomic E-state index is 12.7. The molecular weight excluding hydrogens is 366 g/mol. The average Bonchev–Trinajstić information content (AvgIpc) is 2.83. The molecule has 2 rings (SSSR count). The van der Waals surface area contributed by atoms with Crippen LogP contribution in [0.2, 0.25) is 0 Å². The molecule has 1 amide bonds. The van der Waals surface area contributed by atoms with Crippen LogP contribution in [0.5, 0.6) is 5.75 Å². The topological polar surface area (TPSA) is 66.8 Å². The molecule has 0 radical (unpaired) electrons. The largest absolute Gasteiger partial charge is 0.496 e. The zero-order valence-electron chi connectivity index (χ0n) is 13.2. The summed E-state index contributed by atoms with van der Waals surface area (Å²) in [5.74, 6) is -0.136. The Morgan fingerprint density at radius 2 is 2.21 bits per heavy atom. The maximum Gasteiger partial charge on any atom is 0.326 e. The van der Waals surface area contributed by atoms with Gasteiger partial charge in [-0.15, -0.1) is 0 Å². The van der Waals surface area contributed by atoms with Crippen molar-refractivity contribution in [1.29, 1.82) is 0 Å². The van der Waals surface area contributed by atoms with Crippen molar-refractivity contribution >= 4 is 58.0 Å². The Hall–Kier alpha value is -1.51.